The fourth-order valence-electron chi connectivity index (χ4n) is 3.35. The number of carbonyl (C=O) groups excluding carboxylic acids is 1. The van der Waals surface area contributed by atoms with Crippen LogP contribution in [-0.4, -0.2) is 11.3 Å². The first-order valence-electron chi connectivity index (χ1n) is 7.28. The summed E-state index contributed by atoms with van der Waals surface area (Å²) >= 11 is 6.41. The maximum atomic E-state index is 12.3. The third-order valence-electron chi connectivity index (χ3n) is 4.44. The van der Waals surface area contributed by atoms with E-state index in [1.54, 1.807) is 0 Å². The van der Waals surface area contributed by atoms with Gasteiger partial charge in [-0.1, -0.05) is 43.5 Å². The number of alkyl halides is 1. The van der Waals surface area contributed by atoms with Crippen molar-refractivity contribution in [1.82, 2.24) is 5.32 Å². The lowest BCUT2D eigenvalue weighted by Crippen LogP contribution is -2.37. The Balaban J connectivity index is 1.71. The summed E-state index contributed by atoms with van der Waals surface area (Å²) in [6, 6.07) is 8.25. The van der Waals surface area contributed by atoms with Crippen LogP contribution in [0, 0.1) is 5.92 Å². The van der Waals surface area contributed by atoms with Crippen LogP contribution in [0.15, 0.2) is 24.3 Å². The van der Waals surface area contributed by atoms with E-state index in [1.807, 2.05) is 12.1 Å². The van der Waals surface area contributed by atoms with E-state index in [9.17, 15) is 4.79 Å². The number of benzene rings is 1. The van der Waals surface area contributed by atoms with Gasteiger partial charge in [0, 0.05) is 5.92 Å². The molecule has 3 rings (SSSR count). The first kappa shape index (κ1) is 13.0. The monoisotopic (exact) mass is 277 g/mol. The van der Waals surface area contributed by atoms with Crippen LogP contribution in [0.2, 0.25) is 0 Å². The zero-order valence-corrected chi connectivity index (χ0v) is 11.8. The topological polar surface area (TPSA) is 29.1 Å². The van der Waals surface area contributed by atoms with Crippen LogP contribution in [0.1, 0.15) is 49.3 Å². The molecule has 102 valence electrons. The predicted molar refractivity (Wildman–Crippen MR) is 77.2 cm³/mol. The normalized spacial score (nSPS) is 27.0. The van der Waals surface area contributed by atoms with Crippen LogP contribution in [-0.2, 0) is 11.2 Å². The second-order valence-corrected chi connectivity index (χ2v) is 6.30. The fraction of sp³-hybridized carbons (Fsp3) is 0.562. The number of hydrogen-bond acceptors (Lipinski definition) is 1. The third-order valence-corrected chi connectivity index (χ3v) is 4.85. The number of carbonyl (C=O) groups is 1. The molecular weight excluding hydrogens is 258 g/mol. The SMILES string of the molecule is O=C(NC1c2ccccc2CC1Cl)C1CCCCC1. The van der Waals surface area contributed by atoms with E-state index in [2.05, 4.69) is 17.4 Å². The molecule has 2 atom stereocenters. The van der Waals surface area contributed by atoms with Crippen LogP contribution in [0.4, 0.5) is 0 Å². The molecule has 0 spiro atoms. The summed E-state index contributed by atoms with van der Waals surface area (Å²) in [5.74, 6) is 0.400. The average Bonchev–Trinajstić information content (AvgIpc) is 2.76. The first-order valence-corrected chi connectivity index (χ1v) is 7.71. The molecule has 2 unspecified atom stereocenters. The summed E-state index contributed by atoms with van der Waals surface area (Å²) in [6.07, 6.45) is 6.56. The van der Waals surface area contributed by atoms with Crippen LogP contribution >= 0.6 is 11.6 Å². The molecule has 1 amide bonds. The number of nitrogens with one attached hydrogen (secondary N) is 1. The number of hydrogen-bond donors (Lipinski definition) is 1. The summed E-state index contributed by atoms with van der Waals surface area (Å²) < 4.78 is 0. The maximum absolute atomic E-state index is 12.3. The maximum Gasteiger partial charge on any atom is 0.223 e. The minimum Gasteiger partial charge on any atom is -0.348 e. The smallest absolute Gasteiger partial charge is 0.223 e. The summed E-state index contributed by atoms with van der Waals surface area (Å²) in [7, 11) is 0. The van der Waals surface area contributed by atoms with Crippen LogP contribution in [0.25, 0.3) is 0 Å². The Morgan fingerprint density at radius 3 is 2.68 bits per heavy atom. The van der Waals surface area contributed by atoms with Crippen molar-refractivity contribution in [3.8, 4) is 0 Å². The highest BCUT2D eigenvalue weighted by Crippen LogP contribution is 2.35. The second-order valence-electron chi connectivity index (χ2n) is 5.74. The molecule has 1 fully saturated rings. The molecule has 0 saturated heterocycles. The standard InChI is InChI=1S/C16H20ClNO/c17-14-10-12-8-4-5-9-13(12)15(14)18-16(19)11-6-2-1-3-7-11/h4-5,8-9,11,14-15H,1-3,6-7,10H2,(H,18,19). The molecule has 2 nitrogen and oxygen atoms in total. The van der Waals surface area contributed by atoms with E-state index in [0.29, 0.717) is 0 Å². The largest absolute Gasteiger partial charge is 0.348 e. The van der Waals surface area contributed by atoms with Gasteiger partial charge in [0.25, 0.3) is 0 Å². The number of halogens is 1. The van der Waals surface area contributed by atoms with Gasteiger partial charge >= 0.3 is 0 Å². The van der Waals surface area contributed by atoms with E-state index < -0.39 is 0 Å². The highest BCUT2D eigenvalue weighted by Gasteiger charge is 2.33. The van der Waals surface area contributed by atoms with Gasteiger partial charge in [-0.05, 0) is 30.4 Å². The summed E-state index contributed by atoms with van der Waals surface area (Å²) in [6.45, 7) is 0. The lowest BCUT2D eigenvalue weighted by Gasteiger charge is -2.24. The zero-order valence-electron chi connectivity index (χ0n) is 11.1. The molecular formula is C16H20ClNO. The number of amides is 1. The van der Waals surface area contributed by atoms with Crippen LogP contribution in [0.5, 0.6) is 0 Å². The molecule has 0 bridgehead atoms. The van der Waals surface area contributed by atoms with Crippen molar-refractivity contribution in [3.63, 3.8) is 0 Å². The molecule has 19 heavy (non-hydrogen) atoms. The summed E-state index contributed by atoms with van der Waals surface area (Å²) in [4.78, 5) is 12.3. The Bertz CT molecular complexity index is 468. The summed E-state index contributed by atoms with van der Waals surface area (Å²) in [5.41, 5.74) is 2.48. The highest BCUT2D eigenvalue weighted by molar-refractivity contribution is 6.21. The van der Waals surface area contributed by atoms with Crippen LogP contribution < -0.4 is 5.32 Å². The van der Waals surface area contributed by atoms with E-state index in [1.165, 1.54) is 30.4 Å². The third kappa shape index (κ3) is 2.64. The van der Waals surface area contributed by atoms with E-state index >= 15 is 0 Å². The van der Waals surface area contributed by atoms with Crippen molar-refractivity contribution in [2.24, 2.45) is 5.92 Å². The van der Waals surface area contributed by atoms with Gasteiger partial charge in [-0.3, -0.25) is 4.79 Å². The molecule has 0 radical (unpaired) electrons. The average molecular weight is 278 g/mol. The number of rotatable bonds is 2. The minimum absolute atomic E-state index is 0.00714. The van der Waals surface area contributed by atoms with Crippen molar-refractivity contribution in [2.45, 2.75) is 49.9 Å². The van der Waals surface area contributed by atoms with Gasteiger partial charge in [0.2, 0.25) is 5.91 Å². The second kappa shape index (κ2) is 5.54. The molecule has 2 aliphatic carbocycles. The molecule has 0 aliphatic heterocycles. The fourth-order valence-corrected chi connectivity index (χ4v) is 3.72. The molecule has 1 N–H and O–H groups in total. The van der Waals surface area contributed by atoms with Gasteiger partial charge in [-0.2, -0.15) is 0 Å². The van der Waals surface area contributed by atoms with Crippen molar-refractivity contribution in [2.75, 3.05) is 0 Å². The minimum atomic E-state index is -0.00931. The molecule has 0 heterocycles. The quantitative estimate of drug-likeness (QED) is 0.823. The van der Waals surface area contributed by atoms with Crippen molar-refractivity contribution >= 4 is 17.5 Å². The number of fused-ring (bicyclic) bond motifs is 1. The first-order chi connectivity index (χ1) is 9.25. The van der Waals surface area contributed by atoms with Crippen molar-refractivity contribution in [3.05, 3.63) is 35.4 Å². The molecule has 0 aromatic heterocycles. The Morgan fingerprint density at radius 1 is 1.16 bits per heavy atom. The molecule has 2 aliphatic rings. The van der Waals surface area contributed by atoms with E-state index in [4.69, 9.17) is 11.6 Å². The Morgan fingerprint density at radius 2 is 1.89 bits per heavy atom. The highest BCUT2D eigenvalue weighted by atomic mass is 35.5. The Hall–Kier alpha value is -1.02. The van der Waals surface area contributed by atoms with Gasteiger partial charge in [-0.15, -0.1) is 11.6 Å². The van der Waals surface area contributed by atoms with Gasteiger partial charge in [0.1, 0.15) is 0 Å². The van der Waals surface area contributed by atoms with Crippen molar-refractivity contribution in [1.29, 1.82) is 0 Å². The Labute approximate surface area is 119 Å². The van der Waals surface area contributed by atoms with Crippen molar-refractivity contribution < 1.29 is 4.79 Å². The molecule has 1 aromatic carbocycles. The van der Waals surface area contributed by atoms with Crippen LogP contribution in [0.3, 0.4) is 0 Å². The van der Waals surface area contributed by atoms with E-state index in [-0.39, 0.29) is 23.2 Å². The van der Waals surface area contributed by atoms with E-state index in [0.717, 1.165) is 19.3 Å². The summed E-state index contributed by atoms with van der Waals surface area (Å²) in [5, 5.41) is 3.17. The molecule has 1 aromatic rings. The van der Waals surface area contributed by atoms with Gasteiger partial charge in [0.05, 0.1) is 11.4 Å². The lowest BCUT2D eigenvalue weighted by molar-refractivity contribution is -0.126. The predicted octanol–water partition coefficient (Wildman–Crippen LogP) is 3.59. The molecule has 3 heteroatoms. The Kier molecular flexibility index (Phi) is 3.79. The molecule has 1 saturated carbocycles. The lowest BCUT2D eigenvalue weighted by atomic mass is 9.88. The zero-order chi connectivity index (χ0) is 13.2. The van der Waals surface area contributed by atoms with Gasteiger partial charge in [-0.25, -0.2) is 0 Å². The van der Waals surface area contributed by atoms with Gasteiger partial charge in [0.15, 0.2) is 0 Å². The van der Waals surface area contributed by atoms with Gasteiger partial charge < -0.3 is 5.32 Å².